The highest BCUT2D eigenvalue weighted by atomic mass is 16.5. The zero-order valence-electron chi connectivity index (χ0n) is 9.83. The Balaban J connectivity index is 2.69. The van der Waals surface area contributed by atoms with Crippen molar-refractivity contribution in [1.82, 2.24) is 5.32 Å². The topological polar surface area (TPSA) is 139 Å². The third-order valence-corrected chi connectivity index (χ3v) is 2.77. The van der Waals surface area contributed by atoms with Crippen LogP contribution < -0.4 is 11.1 Å². The van der Waals surface area contributed by atoms with Crippen molar-refractivity contribution >= 4 is 17.9 Å². The van der Waals surface area contributed by atoms with Gasteiger partial charge in [-0.25, -0.2) is 0 Å². The molecular weight excluding hydrogens is 244 g/mol. The summed E-state index contributed by atoms with van der Waals surface area (Å²) in [6.07, 6.45) is -0.572. The molecule has 102 valence electrons. The van der Waals surface area contributed by atoms with Gasteiger partial charge in [-0.15, -0.1) is 0 Å². The molecule has 0 radical (unpaired) electrons. The first-order valence-corrected chi connectivity index (χ1v) is 5.45. The van der Waals surface area contributed by atoms with Gasteiger partial charge in [0.1, 0.15) is 18.2 Å². The molecule has 0 aromatic carbocycles. The van der Waals surface area contributed by atoms with Gasteiger partial charge in [0.15, 0.2) is 0 Å². The number of nitrogens with one attached hydrogen (secondary N) is 1. The average Bonchev–Trinajstić information content (AvgIpc) is 2.60. The van der Waals surface area contributed by atoms with E-state index in [1.165, 1.54) is 6.92 Å². The van der Waals surface area contributed by atoms with Gasteiger partial charge in [0.25, 0.3) is 0 Å². The number of hydrogen-bond acceptors (Lipinski definition) is 6. The van der Waals surface area contributed by atoms with Gasteiger partial charge >= 0.3 is 17.9 Å². The average molecular weight is 260 g/mol. The minimum absolute atomic E-state index is 0.00292. The lowest BCUT2D eigenvalue weighted by atomic mass is 10.0. The zero-order valence-corrected chi connectivity index (χ0v) is 9.83. The Bertz CT molecular complexity index is 358. The highest BCUT2D eigenvalue weighted by molar-refractivity contribution is 5.75. The summed E-state index contributed by atoms with van der Waals surface area (Å²) in [6, 6.07) is -2.56. The van der Waals surface area contributed by atoms with Crippen LogP contribution in [0.2, 0.25) is 0 Å². The quantitative estimate of drug-likeness (QED) is 0.439. The number of hydrogen-bond donors (Lipinski definition) is 4. The molecule has 1 rings (SSSR count). The highest BCUT2D eigenvalue weighted by Gasteiger charge is 2.40. The summed E-state index contributed by atoms with van der Waals surface area (Å²) in [5, 5.41) is 20.3. The van der Waals surface area contributed by atoms with Crippen molar-refractivity contribution in [3.63, 3.8) is 0 Å². The second-order valence-electron chi connectivity index (χ2n) is 4.23. The van der Waals surface area contributed by atoms with Crippen LogP contribution in [0, 0.1) is 0 Å². The molecule has 0 aliphatic carbocycles. The van der Waals surface area contributed by atoms with Gasteiger partial charge in [-0.1, -0.05) is 0 Å². The van der Waals surface area contributed by atoms with Crippen LogP contribution in [0.1, 0.15) is 19.8 Å². The van der Waals surface area contributed by atoms with E-state index in [-0.39, 0.29) is 12.8 Å². The SMILES string of the molecule is CC(=O)O[C@H]1C[C@@H](C(=O)O)N[C@H]1C[C@H](N)C(=O)O. The number of carbonyl (C=O) groups excluding carboxylic acids is 1. The number of rotatable bonds is 5. The third kappa shape index (κ3) is 3.67. The van der Waals surface area contributed by atoms with Gasteiger partial charge in [-0.3, -0.25) is 19.7 Å². The monoisotopic (exact) mass is 260 g/mol. The first kappa shape index (κ1) is 14.4. The van der Waals surface area contributed by atoms with Crippen LogP contribution in [-0.2, 0) is 19.1 Å². The molecule has 1 aliphatic rings. The largest absolute Gasteiger partial charge is 0.480 e. The Labute approximate surface area is 103 Å². The molecule has 1 saturated heterocycles. The van der Waals surface area contributed by atoms with Crippen LogP contribution in [0.3, 0.4) is 0 Å². The molecule has 0 spiro atoms. The molecule has 0 bridgehead atoms. The van der Waals surface area contributed by atoms with Crippen molar-refractivity contribution in [2.75, 3.05) is 0 Å². The number of carbonyl (C=O) groups is 3. The molecule has 5 N–H and O–H groups in total. The molecule has 0 aromatic rings. The molecule has 8 heteroatoms. The summed E-state index contributed by atoms with van der Waals surface area (Å²) in [5.41, 5.74) is 5.38. The Hall–Kier alpha value is -1.67. The summed E-state index contributed by atoms with van der Waals surface area (Å²) in [7, 11) is 0. The van der Waals surface area contributed by atoms with Gasteiger partial charge in [0.2, 0.25) is 0 Å². The summed E-state index contributed by atoms with van der Waals surface area (Å²) in [5.74, 6) is -2.79. The van der Waals surface area contributed by atoms with Crippen LogP contribution in [0.5, 0.6) is 0 Å². The molecule has 1 aliphatic heterocycles. The van der Waals surface area contributed by atoms with Crippen molar-refractivity contribution in [1.29, 1.82) is 0 Å². The lowest BCUT2D eigenvalue weighted by Crippen LogP contribution is -2.44. The van der Waals surface area contributed by atoms with Crippen molar-refractivity contribution < 1.29 is 29.3 Å². The molecule has 0 amide bonds. The summed E-state index contributed by atoms with van der Waals surface area (Å²) < 4.78 is 4.97. The molecule has 0 unspecified atom stereocenters. The van der Waals surface area contributed by atoms with E-state index < -0.39 is 42.1 Å². The minimum atomic E-state index is -1.18. The molecule has 8 nitrogen and oxygen atoms in total. The zero-order chi connectivity index (χ0) is 13.9. The fourth-order valence-electron chi connectivity index (χ4n) is 1.94. The van der Waals surface area contributed by atoms with E-state index in [2.05, 4.69) is 5.32 Å². The third-order valence-electron chi connectivity index (χ3n) is 2.77. The second kappa shape index (κ2) is 5.78. The molecular formula is C10H16N2O6. The Morgan fingerprint density at radius 1 is 1.44 bits per heavy atom. The fraction of sp³-hybridized carbons (Fsp3) is 0.700. The summed E-state index contributed by atoms with van der Waals surface area (Å²) >= 11 is 0. The van der Waals surface area contributed by atoms with Gasteiger partial charge in [0.05, 0.1) is 0 Å². The first-order valence-electron chi connectivity index (χ1n) is 5.45. The molecule has 1 fully saturated rings. The predicted octanol–water partition coefficient (Wildman–Crippen LogP) is -1.46. The number of esters is 1. The van der Waals surface area contributed by atoms with Gasteiger partial charge in [-0.05, 0) is 6.42 Å². The normalized spacial score (nSPS) is 28.7. The maximum absolute atomic E-state index is 10.9. The van der Waals surface area contributed by atoms with Crippen molar-refractivity contribution in [3.8, 4) is 0 Å². The molecule has 4 atom stereocenters. The van der Waals surface area contributed by atoms with Crippen molar-refractivity contribution in [2.24, 2.45) is 5.73 Å². The Morgan fingerprint density at radius 2 is 2.06 bits per heavy atom. The Morgan fingerprint density at radius 3 is 2.50 bits per heavy atom. The predicted molar refractivity (Wildman–Crippen MR) is 58.7 cm³/mol. The minimum Gasteiger partial charge on any atom is -0.480 e. The van der Waals surface area contributed by atoms with Gasteiger partial charge in [-0.2, -0.15) is 0 Å². The van der Waals surface area contributed by atoms with E-state index in [0.29, 0.717) is 0 Å². The number of carboxylic acids is 2. The first-order chi connectivity index (χ1) is 8.31. The standard InChI is InChI=1S/C10H16N2O6/c1-4(13)18-8-3-7(10(16)17)12-6(8)2-5(11)9(14)15/h5-8,12H,2-3,11H2,1H3,(H,14,15)(H,16,17)/t5-,6-,7-,8-/m0/s1. The summed E-state index contributed by atoms with van der Waals surface area (Å²) in [4.78, 5) is 32.4. The molecule has 0 aromatic heterocycles. The maximum Gasteiger partial charge on any atom is 0.320 e. The van der Waals surface area contributed by atoms with E-state index in [9.17, 15) is 14.4 Å². The van der Waals surface area contributed by atoms with Crippen LogP contribution >= 0.6 is 0 Å². The van der Waals surface area contributed by atoms with Crippen LogP contribution in [-0.4, -0.2) is 52.4 Å². The number of aliphatic carboxylic acids is 2. The van der Waals surface area contributed by atoms with Crippen molar-refractivity contribution in [3.05, 3.63) is 0 Å². The lowest BCUT2D eigenvalue weighted by molar-refractivity contribution is -0.148. The van der Waals surface area contributed by atoms with E-state index in [4.69, 9.17) is 20.7 Å². The Kier molecular flexibility index (Phi) is 4.62. The second-order valence-corrected chi connectivity index (χ2v) is 4.23. The number of carboxylic acid groups (broad SMARTS) is 2. The van der Waals surface area contributed by atoms with E-state index in [1.807, 2.05) is 0 Å². The number of ether oxygens (including phenoxy) is 1. The van der Waals surface area contributed by atoms with Gasteiger partial charge < -0.3 is 20.7 Å². The summed E-state index contributed by atoms with van der Waals surface area (Å²) in [6.45, 7) is 1.21. The smallest absolute Gasteiger partial charge is 0.320 e. The molecule has 0 saturated carbocycles. The van der Waals surface area contributed by atoms with Gasteiger partial charge in [0, 0.05) is 19.4 Å². The lowest BCUT2D eigenvalue weighted by Gasteiger charge is -2.20. The van der Waals surface area contributed by atoms with E-state index in [1.54, 1.807) is 0 Å². The highest BCUT2D eigenvalue weighted by Crippen LogP contribution is 2.20. The fourth-order valence-corrected chi connectivity index (χ4v) is 1.94. The molecule has 1 heterocycles. The maximum atomic E-state index is 10.9. The van der Waals surface area contributed by atoms with E-state index >= 15 is 0 Å². The van der Waals surface area contributed by atoms with Crippen LogP contribution in [0.4, 0.5) is 0 Å². The van der Waals surface area contributed by atoms with E-state index in [0.717, 1.165) is 0 Å². The van der Waals surface area contributed by atoms with Crippen molar-refractivity contribution in [2.45, 2.75) is 44.0 Å². The number of nitrogens with two attached hydrogens (primary N) is 1. The van der Waals surface area contributed by atoms with Crippen LogP contribution in [0.15, 0.2) is 0 Å². The van der Waals surface area contributed by atoms with Crippen LogP contribution in [0.25, 0.3) is 0 Å². The molecule has 18 heavy (non-hydrogen) atoms.